The van der Waals surface area contributed by atoms with Crippen molar-refractivity contribution in [1.82, 2.24) is 15.8 Å². The van der Waals surface area contributed by atoms with Crippen LogP contribution in [0.5, 0.6) is 11.5 Å². The van der Waals surface area contributed by atoms with Crippen molar-refractivity contribution >= 4 is 11.8 Å². The topological polar surface area (TPSA) is 79.9 Å². The van der Waals surface area contributed by atoms with Crippen LogP contribution < -0.4 is 20.3 Å². The Morgan fingerprint density at radius 3 is 2.52 bits per heavy atom. The quantitative estimate of drug-likeness (QED) is 0.680. The van der Waals surface area contributed by atoms with Crippen LogP contribution in [-0.2, 0) is 9.59 Å². The highest BCUT2D eigenvalue weighted by Crippen LogP contribution is 2.19. The molecule has 0 bridgehead atoms. The Bertz CT molecular complexity index is 604. The van der Waals surface area contributed by atoms with E-state index in [9.17, 15) is 9.59 Å². The molecule has 1 aromatic rings. The second kappa shape index (κ2) is 10.8. The van der Waals surface area contributed by atoms with Gasteiger partial charge in [0.15, 0.2) is 6.10 Å². The van der Waals surface area contributed by atoms with E-state index in [0.29, 0.717) is 12.4 Å². The summed E-state index contributed by atoms with van der Waals surface area (Å²) in [6.45, 7) is 8.07. The maximum absolute atomic E-state index is 12.4. The molecule has 0 radical (unpaired) electrons. The maximum Gasteiger partial charge on any atom is 0.279 e. The Morgan fingerprint density at radius 1 is 1.15 bits per heavy atom. The number of piperidine rings is 1. The molecule has 1 aliphatic rings. The van der Waals surface area contributed by atoms with Crippen molar-refractivity contribution in [2.24, 2.45) is 0 Å². The van der Waals surface area contributed by atoms with Crippen molar-refractivity contribution in [1.29, 1.82) is 0 Å². The molecule has 0 spiro atoms. The molecule has 2 atom stereocenters. The fourth-order valence-corrected chi connectivity index (χ4v) is 3.19. The highest BCUT2D eigenvalue weighted by Gasteiger charge is 2.28. The molecule has 7 nitrogen and oxygen atoms in total. The molecule has 2 amide bonds. The average molecular weight is 377 g/mol. The molecular weight excluding hydrogens is 346 g/mol. The summed E-state index contributed by atoms with van der Waals surface area (Å²) in [4.78, 5) is 26.9. The van der Waals surface area contributed by atoms with Crippen LogP contribution in [0.25, 0.3) is 0 Å². The Labute approximate surface area is 161 Å². The van der Waals surface area contributed by atoms with Crippen molar-refractivity contribution < 1.29 is 19.1 Å². The van der Waals surface area contributed by atoms with Gasteiger partial charge < -0.3 is 9.47 Å². The molecule has 7 heteroatoms. The van der Waals surface area contributed by atoms with E-state index in [4.69, 9.17) is 9.47 Å². The number of nitrogens with one attached hydrogen (secondary N) is 2. The minimum atomic E-state index is -0.735. The molecule has 1 aliphatic heterocycles. The van der Waals surface area contributed by atoms with Crippen molar-refractivity contribution in [3.63, 3.8) is 0 Å². The van der Waals surface area contributed by atoms with E-state index in [1.54, 1.807) is 31.2 Å². The molecule has 1 aromatic carbocycles. The fraction of sp³-hybridized carbons (Fsp3) is 0.600. The van der Waals surface area contributed by atoms with Crippen molar-refractivity contribution in [2.75, 3.05) is 19.7 Å². The van der Waals surface area contributed by atoms with E-state index in [1.165, 1.54) is 0 Å². The molecule has 0 aromatic heterocycles. The standard InChI is InChI=1S/C20H31N3O4/c1-4-13-23-14-7-6-8-18(23)20(25)22-21-19(24)15(3)27-17-11-9-16(10-12-17)26-5-2/h9-12,15,18H,4-8,13-14H2,1-3H3,(H,21,24)(H,22,25). The lowest BCUT2D eigenvalue weighted by atomic mass is 10.0. The lowest BCUT2D eigenvalue weighted by Crippen LogP contribution is -2.55. The van der Waals surface area contributed by atoms with Gasteiger partial charge in [-0.25, -0.2) is 0 Å². The molecule has 0 aliphatic carbocycles. The zero-order valence-corrected chi connectivity index (χ0v) is 16.5. The summed E-state index contributed by atoms with van der Waals surface area (Å²) in [5, 5.41) is 0. The summed E-state index contributed by atoms with van der Waals surface area (Å²) < 4.78 is 11.0. The van der Waals surface area contributed by atoms with E-state index in [-0.39, 0.29) is 11.9 Å². The van der Waals surface area contributed by atoms with Gasteiger partial charge in [-0.3, -0.25) is 25.3 Å². The number of rotatable bonds is 8. The van der Waals surface area contributed by atoms with Crippen LogP contribution in [0, 0.1) is 0 Å². The summed E-state index contributed by atoms with van der Waals surface area (Å²) in [5.41, 5.74) is 5.03. The SMILES string of the molecule is CCCN1CCCCC1C(=O)NNC(=O)C(C)Oc1ccc(OCC)cc1. The fourth-order valence-electron chi connectivity index (χ4n) is 3.19. The monoisotopic (exact) mass is 377 g/mol. The van der Waals surface area contributed by atoms with Crippen LogP contribution in [0.3, 0.4) is 0 Å². The van der Waals surface area contributed by atoms with E-state index in [2.05, 4.69) is 22.7 Å². The zero-order valence-electron chi connectivity index (χ0n) is 16.5. The van der Waals surface area contributed by atoms with Gasteiger partial charge in [0.1, 0.15) is 11.5 Å². The number of ether oxygens (including phenoxy) is 2. The Balaban J connectivity index is 1.80. The molecule has 1 saturated heterocycles. The van der Waals surface area contributed by atoms with E-state index in [1.807, 2.05) is 6.92 Å². The smallest absolute Gasteiger partial charge is 0.279 e. The molecule has 2 unspecified atom stereocenters. The van der Waals surface area contributed by atoms with E-state index >= 15 is 0 Å². The third-order valence-electron chi connectivity index (χ3n) is 4.55. The van der Waals surface area contributed by atoms with Crippen LogP contribution in [0.1, 0.15) is 46.5 Å². The number of likely N-dealkylation sites (tertiary alicyclic amines) is 1. The molecule has 2 N–H and O–H groups in total. The summed E-state index contributed by atoms with van der Waals surface area (Å²) in [7, 11) is 0. The van der Waals surface area contributed by atoms with Gasteiger partial charge in [0.05, 0.1) is 12.6 Å². The molecule has 1 heterocycles. The first kappa shape index (κ1) is 21.0. The van der Waals surface area contributed by atoms with Crippen LogP contribution in [-0.4, -0.2) is 48.6 Å². The first-order valence-electron chi connectivity index (χ1n) is 9.78. The molecular formula is C20H31N3O4. The minimum Gasteiger partial charge on any atom is -0.494 e. The highest BCUT2D eigenvalue weighted by atomic mass is 16.5. The van der Waals surface area contributed by atoms with E-state index < -0.39 is 12.0 Å². The number of carbonyl (C=O) groups is 2. The molecule has 150 valence electrons. The Kier molecular flexibility index (Phi) is 8.39. The van der Waals surface area contributed by atoms with Gasteiger partial charge in [0.25, 0.3) is 11.8 Å². The second-order valence-electron chi connectivity index (χ2n) is 6.69. The van der Waals surface area contributed by atoms with Crippen molar-refractivity contribution in [3.8, 4) is 11.5 Å². The van der Waals surface area contributed by atoms with Gasteiger partial charge >= 0.3 is 0 Å². The molecule has 2 rings (SSSR count). The zero-order chi connectivity index (χ0) is 19.6. The average Bonchev–Trinajstić information content (AvgIpc) is 2.68. The number of hydrogen-bond donors (Lipinski definition) is 2. The van der Waals surface area contributed by atoms with Crippen molar-refractivity contribution in [3.05, 3.63) is 24.3 Å². The first-order chi connectivity index (χ1) is 13.0. The van der Waals surface area contributed by atoms with Gasteiger partial charge in [-0.05, 0) is 70.5 Å². The van der Waals surface area contributed by atoms with Gasteiger partial charge in [-0.1, -0.05) is 13.3 Å². The van der Waals surface area contributed by atoms with Gasteiger partial charge in [-0.2, -0.15) is 0 Å². The van der Waals surface area contributed by atoms with Crippen LogP contribution in [0.2, 0.25) is 0 Å². The summed E-state index contributed by atoms with van der Waals surface area (Å²) in [6, 6.07) is 6.89. The summed E-state index contributed by atoms with van der Waals surface area (Å²) >= 11 is 0. The highest BCUT2D eigenvalue weighted by molar-refractivity contribution is 5.87. The Hall–Kier alpha value is -2.28. The number of carbonyl (C=O) groups excluding carboxylic acids is 2. The van der Waals surface area contributed by atoms with Crippen LogP contribution in [0.15, 0.2) is 24.3 Å². The van der Waals surface area contributed by atoms with E-state index in [0.717, 1.165) is 44.5 Å². The Morgan fingerprint density at radius 2 is 1.85 bits per heavy atom. The summed E-state index contributed by atoms with van der Waals surface area (Å²) in [5.74, 6) is 0.756. The minimum absolute atomic E-state index is 0.162. The normalized spacial score (nSPS) is 18.4. The molecule has 0 saturated carbocycles. The third kappa shape index (κ3) is 6.43. The third-order valence-corrected chi connectivity index (χ3v) is 4.55. The largest absolute Gasteiger partial charge is 0.494 e. The van der Waals surface area contributed by atoms with Gasteiger partial charge in [-0.15, -0.1) is 0 Å². The van der Waals surface area contributed by atoms with Crippen LogP contribution in [0.4, 0.5) is 0 Å². The lowest BCUT2D eigenvalue weighted by Gasteiger charge is -2.34. The predicted octanol–water partition coefficient (Wildman–Crippen LogP) is 2.26. The molecule has 27 heavy (non-hydrogen) atoms. The number of nitrogens with zero attached hydrogens (tertiary/aromatic N) is 1. The second-order valence-corrected chi connectivity index (χ2v) is 6.69. The lowest BCUT2D eigenvalue weighted by molar-refractivity contribution is -0.135. The predicted molar refractivity (Wildman–Crippen MR) is 103 cm³/mol. The van der Waals surface area contributed by atoms with Crippen LogP contribution >= 0.6 is 0 Å². The number of benzene rings is 1. The first-order valence-corrected chi connectivity index (χ1v) is 9.78. The molecule has 1 fully saturated rings. The summed E-state index contributed by atoms with van der Waals surface area (Å²) in [6.07, 6.45) is 3.23. The number of hydrogen-bond acceptors (Lipinski definition) is 5. The maximum atomic E-state index is 12.4. The number of hydrazine groups is 1. The number of amides is 2. The van der Waals surface area contributed by atoms with Crippen molar-refractivity contribution in [2.45, 2.75) is 58.6 Å². The van der Waals surface area contributed by atoms with Gasteiger partial charge in [0.2, 0.25) is 0 Å². The van der Waals surface area contributed by atoms with Gasteiger partial charge in [0, 0.05) is 0 Å².